The molecule has 0 aliphatic heterocycles. The van der Waals surface area contributed by atoms with Crippen LogP contribution in [0.15, 0.2) is 60.7 Å². The van der Waals surface area contributed by atoms with Crippen LogP contribution in [0.4, 0.5) is 0 Å². The maximum absolute atomic E-state index is 12.7. The summed E-state index contributed by atoms with van der Waals surface area (Å²) < 4.78 is 14.3. The molecule has 0 bridgehead atoms. The number of ether oxygens (including phenoxy) is 1. The van der Waals surface area contributed by atoms with Gasteiger partial charge in [0.25, 0.3) is 5.91 Å². The van der Waals surface area contributed by atoms with Gasteiger partial charge < -0.3 is 9.64 Å². The third kappa shape index (κ3) is 3.75. The summed E-state index contributed by atoms with van der Waals surface area (Å²) in [5, 5.41) is 2.24. The van der Waals surface area contributed by atoms with Crippen molar-refractivity contribution in [2.24, 2.45) is 0 Å². The fourth-order valence-electron chi connectivity index (χ4n) is 3.08. The van der Waals surface area contributed by atoms with Gasteiger partial charge in [-0.25, -0.2) is 0 Å². The first-order chi connectivity index (χ1) is 13.1. The van der Waals surface area contributed by atoms with Crippen molar-refractivity contribution in [1.82, 2.24) is 13.6 Å². The van der Waals surface area contributed by atoms with Crippen LogP contribution in [0.1, 0.15) is 12.5 Å². The molecule has 1 atom stereocenters. The van der Waals surface area contributed by atoms with Crippen molar-refractivity contribution in [1.29, 1.82) is 0 Å². The first-order valence-electron chi connectivity index (χ1n) is 8.72. The molecule has 6 heteroatoms. The van der Waals surface area contributed by atoms with E-state index >= 15 is 0 Å². The molecule has 0 N–H and O–H groups in total. The van der Waals surface area contributed by atoms with Crippen molar-refractivity contribution in [2.45, 2.75) is 19.6 Å². The number of amides is 1. The molecule has 3 aromatic carbocycles. The molecule has 0 aliphatic carbocycles. The van der Waals surface area contributed by atoms with Crippen molar-refractivity contribution in [3.8, 4) is 5.75 Å². The minimum Gasteiger partial charge on any atom is -0.481 e. The number of nitrogens with zero attached hydrogens (tertiary/aromatic N) is 3. The van der Waals surface area contributed by atoms with Crippen LogP contribution < -0.4 is 4.74 Å². The summed E-state index contributed by atoms with van der Waals surface area (Å²) in [6.45, 7) is 2.28. The topological polar surface area (TPSA) is 55.3 Å². The molecular weight excluding hydrogens is 358 g/mol. The van der Waals surface area contributed by atoms with Gasteiger partial charge in [0.2, 0.25) is 0 Å². The molecule has 5 nitrogen and oxygen atoms in total. The molecular formula is C21H19N3O2S. The van der Waals surface area contributed by atoms with Gasteiger partial charge in [-0.05, 0) is 47.5 Å². The molecule has 27 heavy (non-hydrogen) atoms. The van der Waals surface area contributed by atoms with E-state index in [0.29, 0.717) is 12.3 Å². The van der Waals surface area contributed by atoms with Crippen molar-refractivity contribution < 1.29 is 9.53 Å². The second-order valence-corrected chi connectivity index (χ2v) is 7.08. The third-order valence-electron chi connectivity index (χ3n) is 4.50. The van der Waals surface area contributed by atoms with Crippen LogP contribution in [-0.4, -0.2) is 32.7 Å². The molecule has 136 valence electrons. The van der Waals surface area contributed by atoms with Crippen LogP contribution in [-0.2, 0) is 11.3 Å². The normalized spacial score (nSPS) is 12.2. The Bertz CT molecular complexity index is 1110. The minimum atomic E-state index is -0.569. The van der Waals surface area contributed by atoms with E-state index in [2.05, 4.69) is 14.8 Å². The summed E-state index contributed by atoms with van der Waals surface area (Å²) in [5.74, 6) is 0.623. The Kier molecular flexibility index (Phi) is 4.73. The highest BCUT2D eigenvalue weighted by molar-refractivity contribution is 7.00. The second kappa shape index (κ2) is 7.32. The van der Waals surface area contributed by atoms with Crippen LogP contribution in [0.25, 0.3) is 21.8 Å². The average Bonchev–Trinajstić information content (AvgIpc) is 3.15. The van der Waals surface area contributed by atoms with E-state index in [9.17, 15) is 4.79 Å². The van der Waals surface area contributed by atoms with Gasteiger partial charge in [0, 0.05) is 13.6 Å². The zero-order chi connectivity index (χ0) is 18.8. The number of fused-ring (bicyclic) bond motifs is 2. The van der Waals surface area contributed by atoms with Gasteiger partial charge in [0.1, 0.15) is 16.8 Å². The van der Waals surface area contributed by atoms with Crippen molar-refractivity contribution in [3.63, 3.8) is 0 Å². The van der Waals surface area contributed by atoms with Gasteiger partial charge in [-0.15, -0.1) is 0 Å². The summed E-state index contributed by atoms with van der Waals surface area (Å²) in [4.78, 5) is 14.4. The zero-order valence-electron chi connectivity index (χ0n) is 15.1. The van der Waals surface area contributed by atoms with Crippen LogP contribution >= 0.6 is 11.7 Å². The lowest BCUT2D eigenvalue weighted by Gasteiger charge is -2.22. The lowest BCUT2D eigenvalue weighted by Crippen LogP contribution is -2.37. The zero-order valence-corrected chi connectivity index (χ0v) is 15.9. The highest BCUT2D eigenvalue weighted by Crippen LogP contribution is 2.22. The lowest BCUT2D eigenvalue weighted by molar-refractivity contribution is -0.137. The minimum absolute atomic E-state index is 0.0698. The SMILES string of the molecule is C[C@@H](Oc1ccc2ccccc2c1)C(=O)N(C)Cc1ccc2nsnc2c1. The molecule has 0 aliphatic rings. The standard InChI is InChI=1S/C21H19N3O2S/c1-14(26-18-9-8-16-5-3-4-6-17(16)12-18)21(25)24(2)13-15-7-10-19-20(11-15)23-27-22-19/h3-12,14H,13H2,1-2H3/t14-/m1/s1. The number of carbonyl (C=O) groups is 1. The Labute approximate surface area is 161 Å². The van der Waals surface area contributed by atoms with Crippen molar-refractivity contribution in [2.75, 3.05) is 7.05 Å². The van der Waals surface area contributed by atoms with E-state index in [-0.39, 0.29) is 5.91 Å². The molecule has 0 radical (unpaired) electrons. The molecule has 0 saturated heterocycles. The third-order valence-corrected chi connectivity index (χ3v) is 5.05. The number of benzene rings is 3. The fraction of sp³-hybridized carbons (Fsp3) is 0.190. The largest absolute Gasteiger partial charge is 0.481 e. The quantitative estimate of drug-likeness (QED) is 0.521. The molecule has 1 heterocycles. The van der Waals surface area contributed by atoms with Crippen molar-refractivity contribution in [3.05, 3.63) is 66.2 Å². The number of hydrogen-bond donors (Lipinski definition) is 0. The predicted octanol–water partition coefficient (Wildman–Crippen LogP) is 4.27. The monoisotopic (exact) mass is 377 g/mol. The Hall–Kier alpha value is -2.99. The molecule has 4 rings (SSSR count). The van der Waals surface area contributed by atoms with E-state index in [1.54, 1.807) is 18.9 Å². The molecule has 0 fully saturated rings. The van der Waals surface area contributed by atoms with Crippen LogP contribution in [0.3, 0.4) is 0 Å². The van der Waals surface area contributed by atoms with Gasteiger partial charge in [-0.2, -0.15) is 8.75 Å². The Morgan fingerprint density at radius 1 is 1.04 bits per heavy atom. The van der Waals surface area contributed by atoms with Gasteiger partial charge in [-0.1, -0.05) is 36.4 Å². The number of hydrogen-bond acceptors (Lipinski definition) is 5. The first kappa shape index (κ1) is 17.4. The number of carbonyl (C=O) groups excluding carboxylic acids is 1. The van der Waals surface area contributed by atoms with E-state index < -0.39 is 6.10 Å². The van der Waals surface area contributed by atoms with Crippen LogP contribution in [0.5, 0.6) is 5.75 Å². The molecule has 0 unspecified atom stereocenters. The van der Waals surface area contributed by atoms with E-state index in [4.69, 9.17) is 4.74 Å². The van der Waals surface area contributed by atoms with E-state index in [0.717, 1.165) is 27.4 Å². The highest BCUT2D eigenvalue weighted by atomic mass is 32.1. The summed E-state index contributed by atoms with van der Waals surface area (Å²) >= 11 is 1.19. The number of rotatable bonds is 5. The molecule has 0 saturated carbocycles. The van der Waals surface area contributed by atoms with Gasteiger partial charge in [0.05, 0.1) is 11.7 Å². The van der Waals surface area contributed by atoms with E-state index in [1.165, 1.54) is 11.7 Å². The summed E-state index contributed by atoms with van der Waals surface area (Å²) in [6, 6.07) is 19.8. The van der Waals surface area contributed by atoms with E-state index in [1.807, 2.05) is 54.6 Å². The molecule has 0 spiro atoms. The summed E-state index contributed by atoms with van der Waals surface area (Å²) in [7, 11) is 1.78. The lowest BCUT2D eigenvalue weighted by atomic mass is 10.1. The second-order valence-electron chi connectivity index (χ2n) is 6.55. The van der Waals surface area contributed by atoms with Gasteiger partial charge in [-0.3, -0.25) is 4.79 Å². The number of aromatic nitrogens is 2. The Morgan fingerprint density at radius 3 is 2.67 bits per heavy atom. The molecule has 1 amide bonds. The smallest absolute Gasteiger partial charge is 0.263 e. The van der Waals surface area contributed by atoms with Crippen LogP contribution in [0.2, 0.25) is 0 Å². The average molecular weight is 377 g/mol. The summed E-state index contributed by atoms with van der Waals surface area (Å²) in [6.07, 6.45) is -0.569. The molecule has 1 aromatic heterocycles. The highest BCUT2D eigenvalue weighted by Gasteiger charge is 2.19. The summed E-state index contributed by atoms with van der Waals surface area (Å²) in [5.41, 5.74) is 2.76. The predicted molar refractivity (Wildman–Crippen MR) is 108 cm³/mol. The molecule has 4 aromatic rings. The van der Waals surface area contributed by atoms with Crippen molar-refractivity contribution >= 4 is 39.4 Å². The van der Waals surface area contributed by atoms with Gasteiger partial charge in [0.15, 0.2) is 6.10 Å². The van der Waals surface area contributed by atoms with Gasteiger partial charge >= 0.3 is 0 Å². The first-order valence-corrected chi connectivity index (χ1v) is 9.45. The Morgan fingerprint density at radius 2 is 1.81 bits per heavy atom. The number of likely N-dealkylation sites (N-methyl/N-ethyl adjacent to an activating group) is 1. The maximum Gasteiger partial charge on any atom is 0.263 e. The maximum atomic E-state index is 12.7. The van der Waals surface area contributed by atoms with Crippen LogP contribution in [0, 0.1) is 0 Å². The fourth-order valence-corrected chi connectivity index (χ4v) is 3.60. The Balaban J connectivity index is 1.43.